The molecule has 0 radical (unpaired) electrons. The van der Waals surface area contributed by atoms with E-state index in [-0.39, 0.29) is 18.6 Å². The lowest BCUT2D eigenvalue weighted by atomic mass is 10.00. The van der Waals surface area contributed by atoms with E-state index in [9.17, 15) is 9.59 Å². The SMILES string of the molecule is CCOC(=O)c1cc(Cl)cc(C)c1NC(=O)C(CC)[N+]1(CC)CCCCC1. The van der Waals surface area contributed by atoms with Crippen molar-refractivity contribution < 1.29 is 18.8 Å². The number of ether oxygens (including phenoxy) is 1. The van der Waals surface area contributed by atoms with Crippen LogP contribution in [-0.4, -0.2) is 48.6 Å². The summed E-state index contributed by atoms with van der Waals surface area (Å²) in [7, 11) is 0. The summed E-state index contributed by atoms with van der Waals surface area (Å²) in [5.74, 6) is -0.499. The first-order valence-corrected chi connectivity index (χ1v) is 10.4. The Morgan fingerprint density at radius 1 is 1.19 bits per heavy atom. The number of likely N-dealkylation sites (tertiary alicyclic amines) is 1. The van der Waals surface area contributed by atoms with Gasteiger partial charge < -0.3 is 14.5 Å². The quantitative estimate of drug-likeness (QED) is 0.543. The van der Waals surface area contributed by atoms with Gasteiger partial charge in [-0.15, -0.1) is 0 Å². The van der Waals surface area contributed by atoms with Crippen LogP contribution in [0.15, 0.2) is 12.1 Å². The number of nitrogens with one attached hydrogen (secondary N) is 1. The number of amides is 1. The summed E-state index contributed by atoms with van der Waals surface area (Å²) in [6.45, 7) is 11.1. The predicted octanol–water partition coefficient (Wildman–Crippen LogP) is 4.56. The van der Waals surface area contributed by atoms with Gasteiger partial charge in [-0.1, -0.05) is 18.5 Å². The number of esters is 1. The van der Waals surface area contributed by atoms with Gasteiger partial charge in [-0.3, -0.25) is 4.79 Å². The normalized spacial score (nSPS) is 17.2. The molecule has 0 bridgehead atoms. The smallest absolute Gasteiger partial charge is 0.340 e. The van der Waals surface area contributed by atoms with Crippen molar-refractivity contribution in [2.75, 3.05) is 31.6 Å². The first-order valence-electron chi connectivity index (χ1n) is 10.0. The number of piperidine rings is 1. The molecule has 1 atom stereocenters. The third-order valence-corrected chi connectivity index (χ3v) is 5.95. The average molecular weight is 396 g/mol. The molecule has 1 aromatic rings. The highest BCUT2D eigenvalue weighted by atomic mass is 35.5. The molecule has 1 unspecified atom stereocenters. The summed E-state index contributed by atoms with van der Waals surface area (Å²) in [5, 5.41) is 3.49. The lowest BCUT2D eigenvalue weighted by Gasteiger charge is -2.45. The molecule has 2 rings (SSSR count). The van der Waals surface area contributed by atoms with E-state index >= 15 is 0 Å². The zero-order valence-corrected chi connectivity index (χ0v) is 17.7. The fraction of sp³-hybridized carbons (Fsp3) is 0.619. The van der Waals surface area contributed by atoms with Crippen LogP contribution in [0.25, 0.3) is 0 Å². The molecule has 0 aromatic heterocycles. The van der Waals surface area contributed by atoms with Gasteiger partial charge in [0.15, 0.2) is 6.04 Å². The van der Waals surface area contributed by atoms with E-state index < -0.39 is 5.97 Å². The number of hydrogen-bond acceptors (Lipinski definition) is 3. The minimum absolute atomic E-state index is 0.0304. The van der Waals surface area contributed by atoms with Crippen LogP contribution in [0.3, 0.4) is 0 Å². The monoisotopic (exact) mass is 395 g/mol. The topological polar surface area (TPSA) is 55.4 Å². The second-order valence-corrected chi connectivity index (χ2v) is 7.76. The van der Waals surface area contributed by atoms with E-state index in [0.29, 0.717) is 16.3 Å². The zero-order chi connectivity index (χ0) is 20.0. The first-order chi connectivity index (χ1) is 12.9. The van der Waals surface area contributed by atoms with Crippen LogP contribution in [0.1, 0.15) is 62.4 Å². The maximum Gasteiger partial charge on any atom is 0.340 e. The molecular weight excluding hydrogens is 364 g/mol. The molecule has 0 spiro atoms. The number of rotatable bonds is 7. The Morgan fingerprint density at radius 3 is 2.41 bits per heavy atom. The van der Waals surface area contributed by atoms with Crippen LogP contribution in [0, 0.1) is 6.92 Å². The van der Waals surface area contributed by atoms with Gasteiger partial charge in [0, 0.05) is 11.4 Å². The highest BCUT2D eigenvalue weighted by Gasteiger charge is 2.40. The number of halogens is 1. The largest absolute Gasteiger partial charge is 0.462 e. The first kappa shape index (κ1) is 21.7. The Labute approximate surface area is 167 Å². The van der Waals surface area contributed by atoms with Gasteiger partial charge in [-0.25, -0.2) is 4.79 Å². The molecule has 0 aliphatic carbocycles. The van der Waals surface area contributed by atoms with Gasteiger partial charge in [-0.05, 0) is 57.7 Å². The number of carbonyl (C=O) groups is 2. The minimum atomic E-state index is -0.469. The number of hydrogen-bond donors (Lipinski definition) is 1. The van der Waals surface area contributed by atoms with Crippen LogP contribution < -0.4 is 5.32 Å². The molecule has 0 saturated carbocycles. The lowest BCUT2D eigenvalue weighted by Crippen LogP contribution is -2.61. The molecule has 1 heterocycles. The number of benzene rings is 1. The highest BCUT2D eigenvalue weighted by molar-refractivity contribution is 6.31. The number of likely N-dealkylation sites (N-methyl/N-ethyl adjacent to an activating group) is 1. The maximum atomic E-state index is 13.3. The maximum absolute atomic E-state index is 13.3. The van der Waals surface area contributed by atoms with Crippen LogP contribution in [-0.2, 0) is 9.53 Å². The number of quaternary nitrogens is 1. The summed E-state index contributed by atoms with van der Waals surface area (Å²) in [6.07, 6.45) is 4.32. The van der Waals surface area contributed by atoms with Gasteiger partial charge in [0.1, 0.15) is 0 Å². The summed E-state index contributed by atoms with van der Waals surface area (Å²) in [5.41, 5.74) is 1.58. The van der Waals surface area contributed by atoms with Crippen LogP contribution in [0.2, 0.25) is 5.02 Å². The van der Waals surface area contributed by atoms with Crippen molar-refractivity contribution in [3.8, 4) is 0 Å². The molecule has 27 heavy (non-hydrogen) atoms. The van der Waals surface area contributed by atoms with E-state index in [1.807, 2.05) is 6.92 Å². The second kappa shape index (κ2) is 9.56. The third kappa shape index (κ3) is 4.82. The Balaban J connectivity index is 2.34. The Morgan fingerprint density at radius 2 is 1.85 bits per heavy atom. The Hall–Kier alpha value is -1.59. The molecule has 1 saturated heterocycles. The van der Waals surface area contributed by atoms with E-state index in [1.165, 1.54) is 6.42 Å². The molecule has 1 aromatic carbocycles. The summed E-state index contributed by atoms with van der Waals surface area (Å²) < 4.78 is 5.97. The molecule has 1 N–H and O–H groups in total. The van der Waals surface area contributed by atoms with Crippen LogP contribution >= 0.6 is 11.6 Å². The van der Waals surface area contributed by atoms with Gasteiger partial charge in [0.05, 0.1) is 37.5 Å². The predicted molar refractivity (Wildman–Crippen MR) is 109 cm³/mol. The molecule has 1 fully saturated rings. The fourth-order valence-electron chi connectivity index (χ4n) is 4.30. The molecule has 6 heteroatoms. The molecular formula is C21H32ClN2O3+. The Bertz CT molecular complexity index is 684. The summed E-state index contributed by atoms with van der Waals surface area (Å²) in [4.78, 5) is 25.6. The molecule has 5 nitrogen and oxygen atoms in total. The summed E-state index contributed by atoms with van der Waals surface area (Å²) in [6, 6.07) is 3.19. The number of carbonyl (C=O) groups excluding carboxylic acids is 2. The van der Waals surface area contributed by atoms with Crippen molar-refractivity contribution in [2.45, 2.75) is 59.4 Å². The minimum Gasteiger partial charge on any atom is -0.462 e. The average Bonchev–Trinajstić information content (AvgIpc) is 2.65. The third-order valence-electron chi connectivity index (χ3n) is 5.73. The lowest BCUT2D eigenvalue weighted by molar-refractivity contribution is -0.945. The number of nitrogens with zero attached hydrogens (tertiary/aromatic N) is 1. The standard InChI is InChI=1S/C21H31ClN2O3/c1-5-18(24(6-2)11-9-8-10-12-24)20(25)23-19-15(4)13-16(22)14-17(19)21(26)27-7-3/h13-14,18H,5-12H2,1-4H3/p+1. The Kier molecular flexibility index (Phi) is 7.68. The van der Waals surface area contributed by atoms with Gasteiger partial charge in [-0.2, -0.15) is 0 Å². The highest BCUT2D eigenvalue weighted by Crippen LogP contribution is 2.29. The van der Waals surface area contributed by atoms with Crippen molar-refractivity contribution in [1.82, 2.24) is 0 Å². The number of anilines is 1. The van der Waals surface area contributed by atoms with Crippen LogP contribution in [0.5, 0.6) is 0 Å². The molecule has 1 amide bonds. The van der Waals surface area contributed by atoms with Crippen molar-refractivity contribution in [1.29, 1.82) is 0 Å². The zero-order valence-electron chi connectivity index (χ0n) is 16.9. The van der Waals surface area contributed by atoms with Crippen molar-refractivity contribution in [3.63, 3.8) is 0 Å². The van der Waals surface area contributed by atoms with Gasteiger partial charge in [0.2, 0.25) is 0 Å². The van der Waals surface area contributed by atoms with Crippen LogP contribution in [0.4, 0.5) is 5.69 Å². The second-order valence-electron chi connectivity index (χ2n) is 7.32. The molecule has 1 aliphatic heterocycles. The summed E-state index contributed by atoms with van der Waals surface area (Å²) >= 11 is 6.14. The van der Waals surface area contributed by atoms with Gasteiger partial charge >= 0.3 is 5.97 Å². The molecule has 150 valence electrons. The van der Waals surface area contributed by atoms with E-state index in [0.717, 1.165) is 48.9 Å². The number of aryl methyl sites for hydroxylation is 1. The van der Waals surface area contributed by atoms with E-state index in [2.05, 4.69) is 19.2 Å². The molecule has 1 aliphatic rings. The van der Waals surface area contributed by atoms with Crippen molar-refractivity contribution in [2.24, 2.45) is 0 Å². The van der Waals surface area contributed by atoms with Crippen molar-refractivity contribution in [3.05, 3.63) is 28.3 Å². The van der Waals surface area contributed by atoms with E-state index in [1.54, 1.807) is 19.1 Å². The van der Waals surface area contributed by atoms with Gasteiger partial charge in [0.25, 0.3) is 5.91 Å². The van der Waals surface area contributed by atoms with Crippen molar-refractivity contribution >= 4 is 29.2 Å². The fourth-order valence-corrected chi connectivity index (χ4v) is 4.57. The van der Waals surface area contributed by atoms with E-state index in [4.69, 9.17) is 16.3 Å².